The fourth-order valence-corrected chi connectivity index (χ4v) is 3.87. The summed E-state index contributed by atoms with van der Waals surface area (Å²) in [5.41, 5.74) is 2.21. The third kappa shape index (κ3) is 3.90. The molecular weight excluding hydrogens is 254 g/mol. The first-order valence-corrected chi connectivity index (χ1v) is 8.42. The van der Waals surface area contributed by atoms with Crippen LogP contribution in [-0.2, 0) is 6.54 Å². The lowest BCUT2D eigenvalue weighted by atomic mass is 9.88. The average molecular weight is 279 g/mol. The Morgan fingerprint density at radius 1 is 1.26 bits per heavy atom. The maximum atomic E-state index is 9.85. The number of phenolic OH excluding ortho intramolecular Hbond substituents is 1. The van der Waals surface area contributed by atoms with E-state index in [1.807, 2.05) is 17.8 Å². The lowest BCUT2D eigenvalue weighted by Gasteiger charge is -2.36. The molecule has 1 aliphatic rings. The highest BCUT2D eigenvalue weighted by Crippen LogP contribution is 2.38. The first kappa shape index (κ1) is 14.7. The second kappa shape index (κ2) is 6.67. The molecule has 1 saturated carbocycles. The van der Waals surface area contributed by atoms with Crippen molar-refractivity contribution >= 4 is 11.8 Å². The summed E-state index contributed by atoms with van der Waals surface area (Å²) in [5.74, 6) is 0.403. The smallest absolute Gasteiger partial charge is 0.120 e. The minimum atomic E-state index is 0.403. The van der Waals surface area contributed by atoms with Crippen molar-refractivity contribution in [3.63, 3.8) is 0 Å². The molecule has 0 unspecified atom stereocenters. The minimum Gasteiger partial charge on any atom is -0.508 e. The van der Waals surface area contributed by atoms with Gasteiger partial charge in [0.15, 0.2) is 0 Å². The Balaban J connectivity index is 1.90. The van der Waals surface area contributed by atoms with Gasteiger partial charge in [-0.3, -0.25) is 0 Å². The number of thioether (sulfide) groups is 1. The lowest BCUT2D eigenvalue weighted by Crippen LogP contribution is -2.39. The number of benzene rings is 1. The molecule has 0 aromatic heterocycles. The molecule has 0 saturated heterocycles. The van der Waals surface area contributed by atoms with Gasteiger partial charge in [0.2, 0.25) is 0 Å². The van der Waals surface area contributed by atoms with Crippen LogP contribution in [0.1, 0.15) is 43.2 Å². The quantitative estimate of drug-likeness (QED) is 0.858. The molecule has 2 N–H and O–H groups in total. The highest BCUT2D eigenvalue weighted by atomic mass is 32.2. The Hall–Kier alpha value is -0.670. The molecule has 1 fully saturated rings. The van der Waals surface area contributed by atoms with Gasteiger partial charge >= 0.3 is 0 Å². The number of aromatic hydroxyl groups is 1. The molecule has 106 valence electrons. The molecule has 2 rings (SSSR count). The summed E-state index contributed by atoms with van der Waals surface area (Å²) in [6.45, 7) is 3.87. The Bertz CT molecular complexity index is 413. The van der Waals surface area contributed by atoms with Crippen molar-refractivity contribution in [3.8, 4) is 5.75 Å². The largest absolute Gasteiger partial charge is 0.508 e. The second-order valence-electron chi connectivity index (χ2n) is 5.68. The maximum absolute atomic E-state index is 9.85. The van der Waals surface area contributed by atoms with Gasteiger partial charge in [-0.15, -0.1) is 0 Å². The van der Waals surface area contributed by atoms with Gasteiger partial charge in [0.1, 0.15) is 5.75 Å². The van der Waals surface area contributed by atoms with Crippen LogP contribution in [-0.4, -0.2) is 22.7 Å². The van der Waals surface area contributed by atoms with Crippen LogP contribution in [0.3, 0.4) is 0 Å². The van der Waals surface area contributed by atoms with E-state index in [0.717, 1.165) is 18.7 Å². The fraction of sp³-hybridized carbons (Fsp3) is 0.625. The zero-order valence-corrected chi connectivity index (χ0v) is 12.9. The van der Waals surface area contributed by atoms with E-state index in [1.54, 1.807) is 6.07 Å². The minimum absolute atomic E-state index is 0.403. The van der Waals surface area contributed by atoms with Crippen LogP contribution in [0, 0.1) is 6.92 Å². The molecule has 1 aliphatic carbocycles. The molecule has 0 heterocycles. The van der Waals surface area contributed by atoms with Crippen LogP contribution >= 0.6 is 11.8 Å². The standard InChI is InChI=1S/C16H25NOS/c1-13-6-7-15(18)14(10-13)11-17-12-16(19-2)8-4-3-5-9-16/h6-7,10,17-18H,3-5,8-9,11-12H2,1-2H3. The summed E-state index contributed by atoms with van der Waals surface area (Å²) in [6.07, 6.45) is 8.98. The van der Waals surface area contributed by atoms with Crippen molar-refractivity contribution in [2.24, 2.45) is 0 Å². The number of hydrogen-bond donors (Lipinski definition) is 2. The van der Waals surface area contributed by atoms with Gasteiger partial charge in [0.05, 0.1) is 0 Å². The van der Waals surface area contributed by atoms with E-state index in [1.165, 1.54) is 37.7 Å². The van der Waals surface area contributed by atoms with Crippen LogP contribution < -0.4 is 5.32 Å². The van der Waals surface area contributed by atoms with Crippen molar-refractivity contribution in [1.29, 1.82) is 0 Å². The van der Waals surface area contributed by atoms with Crippen LogP contribution in [0.2, 0.25) is 0 Å². The molecule has 0 spiro atoms. The van der Waals surface area contributed by atoms with Crippen molar-refractivity contribution in [2.75, 3.05) is 12.8 Å². The van der Waals surface area contributed by atoms with Gasteiger partial charge in [-0.25, -0.2) is 0 Å². The van der Waals surface area contributed by atoms with E-state index >= 15 is 0 Å². The SMILES string of the molecule is CSC1(CNCc2cc(C)ccc2O)CCCCC1. The van der Waals surface area contributed by atoms with Gasteiger partial charge in [0, 0.05) is 23.4 Å². The monoisotopic (exact) mass is 279 g/mol. The predicted molar refractivity (Wildman–Crippen MR) is 83.9 cm³/mol. The van der Waals surface area contributed by atoms with Crippen molar-refractivity contribution in [2.45, 2.75) is 50.3 Å². The molecule has 0 radical (unpaired) electrons. The van der Waals surface area contributed by atoms with Gasteiger partial charge in [-0.05, 0) is 32.1 Å². The normalized spacial score (nSPS) is 18.4. The molecule has 0 bridgehead atoms. The van der Waals surface area contributed by atoms with Crippen molar-refractivity contribution in [3.05, 3.63) is 29.3 Å². The molecule has 1 aromatic rings. The molecule has 0 amide bonds. The number of nitrogens with one attached hydrogen (secondary N) is 1. The zero-order chi connectivity index (χ0) is 13.7. The predicted octanol–water partition coefficient (Wildman–Crippen LogP) is 3.86. The number of aryl methyl sites for hydroxylation is 1. The highest BCUT2D eigenvalue weighted by molar-refractivity contribution is 8.00. The maximum Gasteiger partial charge on any atom is 0.120 e. The highest BCUT2D eigenvalue weighted by Gasteiger charge is 2.30. The van der Waals surface area contributed by atoms with Crippen LogP contribution in [0.15, 0.2) is 18.2 Å². The summed E-state index contributed by atoms with van der Waals surface area (Å²) < 4.78 is 0.414. The summed E-state index contributed by atoms with van der Waals surface area (Å²) in [4.78, 5) is 0. The van der Waals surface area contributed by atoms with Gasteiger partial charge in [0.25, 0.3) is 0 Å². The Morgan fingerprint density at radius 2 is 2.00 bits per heavy atom. The molecule has 1 aromatic carbocycles. The molecule has 3 heteroatoms. The lowest BCUT2D eigenvalue weighted by molar-refractivity contribution is 0.377. The molecular formula is C16H25NOS. The Morgan fingerprint density at radius 3 is 2.68 bits per heavy atom. The fourth-order valence-electron chi connectivity index (χ4n) is 2.93. The van der Waals surface area contributed by atoms with E-state index in [-0.39, 0.29) is 0 Å². The average Bonchev–Trinajstić information content (AvgIpc) is 2.44. The molecule has 19 heavy (non-hydrogen) atoms. The van der Waals surface area contributed by atoms with E-state index in [4.69, 9.17) is 0 Å². The van der Waals surface area contributed by atoms with Gasteiger partial charge in [-0.1, -0.05) is 37.0 Å². The molecule has 0 aliphatic heterocycles. The molecule has 2 nitrogen and oxygen atoms in total. The molecule has 0 atom stereocenters. The summed E-state index contributed by atoms with van der Waals surface area (Å²) >= 11 is 2.01. The van der Waals surface area contributed by atoms with E-state index in [0.29, 0.717) is 10.5 Å². The van der Waals surface area contributed by atoms with Gasteiger partial charge in [-0.2, -0.15) is 11.8 Å². The number of hydrogen-bond acceptors (Lipinski definition) is 3. The Labute approximate surface area is 121 Å². The van der Waals surface area contributed by atoms with Crippen molar-refractivity contribution < 1.29 is 5.11 Å². The number of rotatable bonds is 5. The third-order valence-electron chi connectivity index (χ3n) is 4.20. The van der Waals surface area contributed by atoms with Crippen LogP contribution in [0.4, 0.5) is 0 Å². The number of phenols is 1. The van der Waals surface area contributed by atoms with E-state index < -0.39 is 0 Å². The topological polar surface area (TPSA) is 32.3 Å². The van der Waals surface area contributed by atoms with Gasteiger partial charge < -0.3 is 10.4 Å². The third-order valence-corrected chi connectivity index (χ3v) is 5.61. The first-order valence-electron chi connectivity index (χ1n) is 7.20. The van der Waals surface area contributed by atoms with Crippen LogP contribution in [0.5, 0.6) is 5.75 Å². The van der Waals surface area contributed by atoms with Crippen molar-refractivity contribution in [1.82, 2.24) is 5.32 Å². The van der Waals surface area contributed by atoms with E-state index in [9.17, 15) is 5.11 Å². The van der Waals surface area contributed by atoms with E-state index in [2.05, 4.69) is 24.6 Å². The summed E-state index contributed by atoms with van der Waals surface area (Å²) in [7, 11) is 0. The summed E-state index contributed by atoms with van der Waals surface area (Å²) in [5, 5.41) is 13.4. The zero-order valence-electron chi connectivity index (χ0n) is 12.0. The Kier molecular flexibility index (Phi) is 5.17. The van der Waals surface area contributed by atoms with Crippen LogP contribution in [0.25, 0.3) is 0 Å². The first-order chi connectivity index (χ1) is 9.15. The second-order valence-corrected chi connectivity index (χ2v) is 6.96. The summed E-state index contributed by atoms with van der Waals surface area (Å²) in [6, 6.07) is 5.80.